The molecule has 5 nitrogen and oxygen atoms in total. The topological polar surface area (TPSA) is 48.0 Å². The van der Waals surface area contributed by atoms with Crippen molar-refractivity contribution in [1.29, 1.82) is 0 Å². The summed E-state index contributed by atoms with van der Waals surface area (Å²) < 4.78 is 18.8. The predicted molar refractivity (Wildman–Crippen MR) is 162 cm³/mol. The molecule has 1 saturated heterocycles. The number of methoxy groups -OCH3 is 1. The van der Waals surface area contributed by atoms with E-state index in [1.54, 1.807) is 13.2 Å². The average molecular weight is 607 g/mol. The van der Waals surface area contributed by atoms with Crippen molar-refractivity contribution < 1.29 is 19.0 Å². The van der Waals surface area contributed by atoms with Crippen LogP contribution in [0.5, 0.6) is 17.2 Å². The Morgan fingerprint density at radius 3 is 2.55 bits per heavy atom. The van der Waals surface area contributed by atoms with E-state index in [0.29, 0.717) is 45.4 Å². The first kappa shape index (κ1) is 26.3. The van der Waals surface area contributed by atoms with Crippen LogP contribution >= 0.6 is 39.9 Å². The summed E-state index contributed by atoms with van der Waals surface area (Å²) in [6.45, 7) is 2.78. The van der Waals surface area contributed by atoms with Crippen molar-refractivity contribution in [2.75, 3.05) is 18.6 Å². The number of thioether (sulfide) groups is 1. The van der Waals surface area contributed by atoms with Crippen molar-refractivity contribution in [2.45, 2.75) is 13.5 Å². The van der Waals surface area contributed by atoms with E-state index in [1.165, 1.54) is 22.0 Å². The number of carbonyl (C=O) groups is 1. The minimum absolute atomic E-state index is 0.199. The van der Waals surface area contributed by atoms with Gasteiger partial charge in [-0.3, -0.25) is 9.69 Å². The van der Waals surface area contributed by atoms with E-state index in [2.05, 4.69) is 40.2 Å². The van der Waals surface area contributed by atoms with Gasteiger partial charge in [0.25, 0.3) is 5.91 Å². The molecule has 8 heteroatoms. The maximum atomic E-state index is 13.3. The maximum Gasteiger partial charge on any atom is 0.270 e. The second-order valence-corrected chi connectivity index (χ2v) is 10.9. The van der Waals surface area contributed by atoms with Crippen molar-refractivity contribution in [3.8, 4) is 17.2 Å². The fraction of sp³-hybridized carbons (Fsp3) is 0.133. The lowest BCUT2D eigenvalue weighted by Gasteiger charge is -2.17. The highest BCUT2D eigenvalue weighted by Crippen LogP contribution is 2.42. The number of fused-ring (bicyclic) bond motifs is 1. The fourth-order valence-corrected chi connectivity index (χ4v) is 6.14. The third-order valence-corrected chi connectivity index (χ3v) is 7.89. The molecule has 1 heterocycles. The third-order valence-electron chi connectivity index (χ3n) is 6.00. The number of nitrogens with zero attached hydrogens (tertiary/aromatic N) is 1. The smallest absolute Gasteiger partial charge is 0.270 e. The largest absolute Gasteiger partial charge is 0.495 e. The van der Waals surface area contributed by atoms with Crippen LogP contribution in [0.3, 0.4) is 0 Å². The van der Waals surface area contributed by atoms with Gasteiger partial charge in [0.2, 0.25) is 0 Å². The first-order chi connectivity index (χ1) is 18.5. The molecule has 1 aliphatic heterocycles. The quantitative estimate of drug-likeness (QED) is 0.150. The van der Waals surface area contributed by atoms with E-state index >= 15 is 0 Å². The van der Waals surface area contributed by atoms with Crippen LogP contribution in [-0.4, -0.2) is 23.9 Å². The molecule has 0 saturated carbocycles. The lowest BCUT2D eigenvalue weighted by Crippen LogP contribution is -2.27. The molecule has 0 aromatic heterocycles. The molecule has 0 bridgehead atoms. The lowest BCUT2D eigenvalue weighted by atomic mass is 10.1. The second kappa shape index (κ2) is 11.6. The molecular weight excluding hydrogens is 582 g/mol. The minimum Gasteiger partial charge on any atom is -0.495 e. The highest BCUT2D eigenvalue weighted by atomic mass is 79.9. The molecule has 0 atom stereocenters. The van der Waals surface area contributed by atoms with E-state index in [1.807, 2.05) is 61.5 Å². The number of halogens is 1. The molecule has 4 aromatic rings. The maximum absolute atomic E-state index is 13.3. The minimum atomic E-state index is -0.199. The molecule has 192 valence electrons. The van der Waals surface area contributed by atoms with Gasteiger partial charge in [-0.05, 0) is 75.1 Å². The molecule has 1 fully saturated rings. The number of rotatable bonds is 8. The summed E-state index contributed by atoms with van der Waals surface area (Å²) in [7, 11) is 1.57. The van der Waals surface area contributed by atoms with Gasteiger partial charge in [0.1, 0.15) is 12.4 Å². The predicted octanol–water partition coefficient (Wildman–Crippen LogP) is 7.99. The van der Waals surface area contributed by atoms with Gasteiger partial charge in [-0.2, -0.15) is 0 Å². The van der Waals surface area contributed by atoms with Crippen LogP contribution in [0.2, 0.25) is 0 Å². The molecular formula is C30H24BrNO4S2. The molecule has 1 aliphatic rings. The second-order valence-electron chi connectivity index (χ2n) is 8.38. The molecule has 38 heavy (non-hydrogen) atoms. The first-order valence-electron chi connectivity index (χ1n) is 12.0. The number of hydrogen-bond acceptors (Lipinski definition) is 6. The number of benzene rings is 4. The molecule has 0 spiro atoms. The van der Waals surface area contributed by atoms with Gasteiger partial charge in [-0.25, -0.2) is 0 Å². The van der Waals surface area contributed by atoms with Gasteiger partial charge in [0.05, 0.1) is 28.8 Å². The van der Waals surface area contributed by atoms with E-state index in [0.717, 1.165) is 21.0 Å². The Kier molecular flexibility index (Phi) is 8.02. The summed E-state index contributed by atoms with van der Waals surface area (Å²) in [6, 6.07) is 25.5. The summed E-state index contributed by atoms with van der Waals surface area (Å²) in [4.78, 5) is 15.4. The van der Waals surface area contributed by atoms with Crippen molar-refractivity contribution in [2.24, 2.45) is 0 Å². The first-order valence-corrected chi connectivity index (χ1v) is 14.0. The van der Waals surface area contributed by atoms with Crippen LogP contribution < -0.4 is 19.1 Å². The zero-order valence-corrected chi connectivity index (χ0v) is 24.0. The summed E-state index contributed by atoms with van der Waals surface area (Å²) in [5, 5.41) is 2.32. The lowest BCUT2D eigenvalue weighted by molar-refractivity contribution is -0.113. The van der Waals surface area contributed by atoms with Crippen LogP contribution in [0.1, 0.15) is 18.1 Å². The Bertz CT molecular complexity index is 1560. The zero-order chi connectivity index (χ0) is 26.6. The van der Waals surface area contributed by atoms with E-state index in [4.69, 9.17) is 26.4 Å². The Morgan fingerprint density at radius 2 is 1.74 bits per heavy atom. The number of para-hydroxylation sites is 2. The van der Waals surface area contributed by atoms with E-state index in [-0.39, 0.29) is 5.91 Å². The zero-order valence-electron chi connectivity index (χ0n) is 20.8. The average Bonchev–Trinajstić information content (AvgIpc) is 3.20. The van der Waals surface area contributed by atoms with Crippen molar-refractivity contribution in [1.82, 2.24) is 0 Å². The molecule has 0 radical (unpaired) electrons. The van der Waals surface area contributed by atoms with Gasteiger partial charge in [-0.1, -0.05) is 78.6 Å². The van der Waals surface area contributed by atoms with Gasteiger partial charge >= 0.3 is 0 Å². The molecule has 0 N–H and O–H groups in total. The Morgan fingerprint density at radius 1 is 0.974 bits per heavy atom. The van der Waals surface area contributed by atoms with Crippen LogP contribution in [0.15, 0.2) is 88.2 Å². The highest BCUT2D eigenvalue weighted by Gasteiger charge is 2.35. The highest BCUT2D eigenvalue weighted by molar-refractivity contribution is 9.10. The van der Waals surface area contributed by atoms with Crippen molar-refractivity contribution >= 4 is 72.7 Å². The van der Waals surface area contributed by atoms with E-state index < -0.39 is 0 Å². The van der Waals surface area contributed by atoms with Gasteiger partial charge < -0.3 is 14.2 Å². The molecule has 0 unspecified atom stereocenters. The fourth-order valence-electron chi connectivity index (χ4n) is 4.28. The number of hydrogen-bond donors (Lipinski definition) is 0. The number of anilines is 1. The standard InChI is InChI=1S/C30H24BrNO4S2/c1-3-35-26-16-19(17-27-29(33)32(30(37)38-27)24-13-6-7-14-25(24)34-2)15-23(31)28(26)36-18-21-11-8-10-20-9-4-5-12-22(20)21/h4-17H,3,18H2,1-2H3. The number of amides is 1. The number of carbonyl (C=O) groups excluding carboxylic acids is 1. The summed E-state index contributed by atoms with van der Waals surface area (Å²) >= 11 is 10.5. The molecule has 4 aromatic carbocycles. The summed E-state index contributed by atoms with van der Waals surface area (Å²) in [6.07, 6.45) is 1.82. The third kappa shape index (κ3) is 5.29. The Labute approximate surface area is 239 Å². The number of ether oxygens (including phenoxy) is 3. The van der Waals surface area contributed by atoms with Crippen LogP contribution in [0.4, 0.5) is 5.69 Å². The van der Waals surface area contributed by atoms with Gasteiger partial charge in [-0.15, -0.1) is 0 Å². The van der Waals surface area contributed by atoms with Crippen LogP contribution in [-0.2, 0) is 11.4 Å². The molecule has 5 rings (SSSR count). The molecule has 0 aliphatic carbocycles. The monoisotopic (exact) mass is 605 g/mol. The Balaban J connectivity index is 1.43. The van der Waals surface area contributed by atoms with Crippen molar-refractivity contribution in [3.05, 3.63) is 99.4 Å². The van der Waals surface area contributed by atoms with Gasteiger partial charge in [0.15, 0.2) is 15.8 Å². The van der Waals surface area contributed by atoms with Crippen LogP contribution in [0.25, 0.3) is 16.8 Å². The van der Waals surface area contributed by atoms with Crippen LogP contribution in [0, 0.1) is 0 Å². The number of thiocarbonyl (C=S) groups is 1. The van der Waals surface area contributed by atoms with Gasteiger partial charge in [0, 0.05) is 0 Å². The van der Waals surface area contributed by atoms with E-state index in [9.17, 15) is 4.79 Å². The molecule has 1 amide bonds. The SMILES string of the molecule is CCOc1cc(C=C2SC(=S)N(c3ccccc3OC)C2=O)cc(Br)c1OCc1cccc2ccccc12. The Hall–Kier alpha value is -3.33. The summed E-state index contributed by atoms with van der Waals surface area (Å²) in [5.41, 5.74) is 2.49. The summed E-state index contributed by atoms with van der Waals surface area (Å²) in [5.74, 6) is 1.58. The van der Waals surface area contributed by atoms with Crippen molar-refractivity contribution in [3.63, 3.8) is 0 Å². The normalized spacial score (nSPS) is 14.4.